The second-order valence-corrected chi connectivity index (χ2v) is 5.22. The van der Waals surface area contributed by atoms with Crippen LogP contribution in [0.2, 0.25) is 0 Å². The van der Waals surface area contributed by atoms with Gasteiger partial charge in [0.1, 0.15) is 6.10 Å². The first-order valence-electron chi connectivity index (χ1n) is 6.71. The highest BCUT2D eigenvalue weighted by atomic mass is 28.2. The summed E-state index contributed by atoms with van der Waals surface area (Å²) in [6.45, 7) is 9.61. The van der Waals surface area contributed by atoms with Gasteiger partial charge in [-0.25, -0.2) is 0 Å². The zero-order chi connectivity index (χ0) is 13.1. The van der Waals surface area contributed by atoms with Crippen molar-refractivity contribution in [2.45, 2.75) is 58.5 Å². The van der Waals surface area contributed by atoms with E-state index in [0.717, 1.165) is 19.3 Å². The molecule has 0 aliphatic heterocycles. The van der Waals surface area contributed by atoms with Gasteiger partial charge in [-0.1, -0.05) is 19.8 Å². The topological polar surface area (TPSA) is 47.9 Å². The number of hydrogen-bond donors (Lipinski definition) is 1. The lowest BCUT2D eigenvalue weighted by Gasteiger charge is -2.38. The summed E-state index contributed by atoms with van der Waals surface area (Å²) in [6, 6.07) is 0. The molecule has 0 aliphatic carbocycles. The summed E-state index contributed by atoms with van der Waals surface area (Å²) in [5.74, 6) is 0. The first-order chi connectivity index (χ1) is 8.20. The zero-order valence-corrected chi connectivity index (χ0v) is 13.1. The fourth-order valence-corrected chi connectivity index (χ4v) is 3.05. The zero-order valence-electron chi connectivity index (χ0n) is 11.7. The van der Waals surface area contributed by atoms with E-state index in [0.29, 0.717) is 19.8 Å². The Morgan fingerprint density at radius 3 is 2.00 bits per heavy atom. The molecule has 1 atom stereocenters. The summed E-state index contributed by atoms with van der Waals surface area (Å²) in [5.41, 5.74) is -0.866. The second-order valence-electron chi connectivity index (χ2n) is 3.92. The Bertz CT molecular complexity index is 172. The van der Waals surface area contributed by atoms with Gasteiger partial charge in [0.05, 0.1) is 0 Å². The average molecular weight is 264 g/mol. The third-order valence-corrected chi connectivity index (χ3v) is 3.98. The van der Waals surface area contributed by atoms with Gasteiger partial charge in [-0.05, 0) is 27.2 Å². The van der Waals surface area contributed by atoms with Gasteiger partial charge in [0.25, 0.3) is 0 Å². The quantitative estimate of drug-likeness (QED) is 0.452. The predicted octanol–water partition coefficient (Wildman–Crippen LogP) is 1.38. The van der Waals surface area contributed by atoms with Crippen molar-refractivity contribution < 1.29 is 19.0 Å². The lowest BCUT2D eigenvalue weighted by atomic mass is 10.1. The van der Waals surface area contributed by atoms with Crippen molar-refractivity contribution in [2.75, 3.05) is 19.8 Å². The Morgan fingerprint density at radius 2 is 1.65 bits per heavy atom. The number of rotatable bonds is 11. The van der Waals surface area contributed by atoms with Gasteiger partial charge in [0, 0.05) is 19.8 Å². The van der Waals surface area contributed by atoms with E-state index in [1.165, 1.54) is 0 Å². The Morgan fingerprint density at radius 1 is 1.06 bits per heavy atom. The summed E-state index contributed by atoms with van der Waals surface area (Å²) in [6.07, 6.45) is 2.88. The first-order valence-corrected chi connectivity index (χ1v) is 8.04. The summed E-state index contributed by atoms with van der Waals surface area (Å²) < 4.78 is 17.1. The van der Waals surface area contributed by atoms with E-state index in [-0.39, 0.29) is 6.10 Å². The minimum Gasteiger partial charge on any atom is -0.432 e. The molecular formula is C12H28O4Si. The van der Waals surface area contributed by atoms with Crippen molar-refractivity contribution in [3.8, 4) is 0 Å². The van der Waals surface area contributed by atoms with E-state index in [4.69, 9.17) is 14.2 Å². The van der Waals surface area contributed by atoms with Gasteiger partial charge >= 0.3 is 0 Å². The molecule has 0 saturated heterocycles. The van der Waals surface area contributed by atoms with E-state index in [9.17, 15) is 4.80 Å². The minimum absolute atomic E-state index is 0.149. The van der Waals surface area contributed by atoms with Crippen molar-refractivity contribution in [3.63, 3.8) is 0 Å². The fourth-order valence-electron chi connectivity index (χ4n) is 1.93. The average Bonchev–Trinajstić information content (AvgIpc) is 2.34. The third-order valence-electron chi connectivity index (χ3n) is 2.68. The van der Waals surface area contributed by atoms with Crippen molar-refractivity contribution in [2.24, 2.45) is 0 Å². The Kier molecular flexibility index (Phi) is 10.1. The molecule has 0 rings (SSSR count). The molecule has 4 nitrogen and oxygen atoms in total. The Hall–Kier alpha value is 0.0569. The lowest BCUT2D eigenvalue weighted by molar-refractivity contribution is -0.243. The Balaban J connectivity index is 4.74. The summed E-state index contributed by atoms with van der Waals surface area (Å²) in [7, 11) is -1.47. The van der Waals surface area contributed by atoms with E-state index in [2.05, 4.69) is 6.92 Å². The normalized spacial score (nSPS) is 14.6. The standard InChI is InChI=1S/C12H28O4Si/c1-5-9-10-11(14-6-2)12(17-13,15-7-3)16-8-4/h11,13H,5-10,17H2,1-4H3. The number of unbranched alkanes of at least 4 members (excludes halogenated alkanes) is 1. The molecule has 0 heterocycles. The highest BCUT2D eigenvalue weighted by Crippen LogP contribution is 2.24. The highest BCUT2D eigenvalue weighted by molar-refractivity contribution is 6.29. The molecule has 0 aromatic heterocycles. The van der Waals surface area contributed by atoms with Gasteiger partial charge < -0.3 is 19.0 Å². The highest BCUT2D eigenvalue weighted by Gasteiger charge is 2.41. The summed E-state index contributed by atoms with van der Waals surface area (Å²) in [4.78, 5) is 9.74. The van der Waals surface area contributed by atoms with Crippen molar-refractivity contribution in [1.82, 2.24) is 0 Å². The smallest absolute Gasteiger partial charge is 0.226 e. The van der Waals surface area contributed by atoms with E-state index in [1.54, 1.807) is 0 Å². The van der Waals surface area contributed by atoms with Gasteiger partial charge in [-0.2, -0.15) is 0 Å². The molecule has 17 heavy (non-hydrogen) atoms. The molecule has 1 N–H and O–H groups in total. The lowest BCUT2D eigenvalue weighted by Crippen LogP contribution is -2.54. The van der Waals surface area contributed by atoms with Crippen LogP contribution in [0.15, 0.2) is 0 Å². The van der Waals surface area contributed by atoms with Gasteiger partial charge in [0.2, 0.25) is 9.76 Å². The number of hydrogen-bond acceptors (Lipinski definition) is 4. The maximum absolute atomic E-state index is 9.74. The molecule has 0 radical (unpaired) electrons. The van der Waals surface area contributed by atoms with Crippen LogP contribution in [0.5, 0.6) is 0 Å². The SMILES string of the molecule is CCCCC(OCC)C(OCC)(OCC)[SiH2]O. The molecule has 0 aromatic carbocycles. The van der Waals surface area contributed by atoms with Crippen LogP contribution in [-0.4, -0.2) is 45.9 Å². The minimum atomic E-state index is -1.47. The number of ether oxygens (including phenoxy) is 3. The molecule has 0 spiro atoms. The maximum Gasteiger partial charge on any atom is 0.226 e. The molecule has 0 aromatic rings. The summed E-state index contributed by atoms with van der Waals surface area (Å²) >= 11 is 0. The molecule has 5 heteroatoms. The summed E-state index contributed by atoms with van der Waals surface area (Å²) in [5, 5.41) is 0. The molecule has 0 bridgehead atoms. The predicted molar refractivity (Wildman–Crippen MR) is 71.7 cm³/mol. The monoisotopic (exact) mass is 264 g/mol. The van der Waals surface area contributed by atoms with Crippen LogP contribution in [-0.2, 0) is 14.2 Å². The molecule has 0 fully saturated rings. The van der Waals surface area contributed by atoms with Crippen LogP contribution in [0.25, 0.3) is 0 Å². The molecule has 0 amide bonds. The van der Waals surface area contributed by atoms with Crippen LogP contribution < -0.4 is 0 Å². The van der Waals surface area contributed by atoms with Crippen LogP contribution in [0.1, 0.15) is 47.0 Å². The second kappa shape index (κ2) is 10.0. The van der Waals surface area contributed by atoms with Gasteiger partial charge in [-0.15, -0.1) is 0 Å². The van der Waals surface area contributed by atoms with Gasteiger partial charge in [-0.3, -0.25) is 0 Å². The van der Waals surface area contributed by atoms with Crippen LogP contribution in [0, 0.1) is 0 Å². The van der Waals surface area contributed by atoms with E-state index in [1.807, 2.05) is 20.8 Å². The molecule has 1 unspecified atom stereocenters. The van der Waals surface area contributed by atoms with Crippen LogP contribution in [0.4, 0.5) is 0 Å². The van der Waals surface area contributed by atoms with Crippen molar-refractivity contribution in [1.29, 1.82) is 0 Å². The third kappa shape index (κ3) is 5.48. The molecule has 0 aliphatic rings. The van der Waals surface area contributed by atoms with Crippen molar-refractivity contribution >= 4 is 9.76 Å². The molecular weight excluding hydrogens is 236 g/mol. The first kappa shape index (κ1) is 17.1. The largest absolute Gasteiger partial charge is 0.432 e. The van der Waals surface area contributed by atoms with Gasteiger partial charge in [0.15, 0.2) is 5.41 Å². The van der Waals surface area contributed by atoms with E-state index >= 15 is 0 Å². The maximum atomic E-state index is 9.74. The molecule has 104 valence electrons. The fraction of sp³-hybridized carbons (Fsp3) is 1.00. The van der Waals surface area contributed by atoms with Crippen LogP contribution in [0.3, 0.4) is 0 Å². The van der Waals surface area contributed by atoms with Crippen LogP contribution >= 0.6 is 0 Å². The van der Waals surface area contributed by atoms with Crippen molar-refractivity contribution in [3.05, 3.63) is 0 Å². The molecule has 0 saturated carbocycles. The Labute approximate surface area is 108 Å². The van der Waals surface area contributed by atoms with E-state index < -0.39 is 15.2 Å².